The van der Waals surface area contributed by atoms with E-state index in [4.69, 9.17) is 0 Å². The fourth-order valence-electron chi connectivity index (χ4n) is 1.99. The lowest BCUT2D eigenvalue weighted by atomic mass is 10.1. The van der Waals surface area contributed by atoms with Gasteiger partial charge in [0.25, 0.3) is 0 Å². The molecule has 1 aromatic heterocycles. The van der Waals surface area contributed by atoms with Crippen LogP contribution < -0.4 is 0 Å². The van der Waals surface area contributed by atoms with Gasteiger partial charge in [-0.15, -0.1) is 11.3 Å². The number of benzene rings is 2. The zero-order chi connectivity index (χ0) is 13.2. The molecule has 0 aliphatic carbocycles. The summed E-state index contributed by atoms with van der Waals surface area (Å²) < 4.78 is 14.2. The van der Waals surface area contributed by atoms with Crippen molar-refractivity contribution in [2.75, 3.05) is 0 Å². The molecule has 3 aromatic rings. The molecule has 4 heteroatoms. The van der Waals surface area contributed by atoms with Gasteiger partial charge in [0.05, 0.1) is 15.2 Å². The summed E-state index contributed by atoms with van der Waals surface area (Å²) in [6, 6.07) is 12.2. The summed E-state index contributed by atoms with van der Waals surface area (Å²) in [5.41, 5.74) is 2.15. The number of carbonyl (C=O) groups excluding carboxylic acids is 1. The lowest BCUT2D eigenvalue weighted by Gasteiger charge is -2.02. The molecule has 0 aliphatic heterocycles. The summed E-state index contributed by atoms with van der Waals surface area (Å²) in [7, 11) is 0. The van der Waals surface area contributed by atoms with Gasteiger partial charge in [-0.25, -0.2) is 9.37 Å². The highest BCUT2D eigenvalue weighted by Gasteiger charge is 2.08. The van der Waals surface area contributed by atoms with Crippen molar-refractivity contribution in [3.8, 4) is 0 Å². The van der Waals surface area contributed by atoms with Crippen molar-refractivity contribution in [2.24, 2.45) is 0 Å². The molecule has 19 heavy (non-hydrogen) atoms. The first-order valence-corrected chi connectivity index (χ1v) is 6.66. The minimum Gasteiger partial charge on any atom is -0.298 e. The molecule has 0 aliphatic rings. The van der Waals surface area contributed by atoms with Crippen LogP contribution >= 0.6 is 11.3 Å². The van der Waals surface area contributed by atoms with Gasteiger partial charge in [0.15, 0.2) is 0 Å². The number of carbonyl (C=O) groups is 1. The lowest BCUT2D eigenvalue weighted by Crippen LogP contribution is -1.95. The molecule has 0 saturated heterocycles. The molecule has 94 valence electrons. The highest BCUT2D eigenvalue weighted by Crippen LogP contribution is 2.24. The maximum absolute atomic E-state index is 13.1. The molecule has 2 nitrogen and oxygen atoms in total. The fraction of sp³-hybridized carbons (Fsp3) is 0.0667. The van der Waals surface area contributed by atoms with Crippen LogP contribution in [-0.2, 0) is 6.42 Å². The third-order valence-corrected chi connectivity index (χ3v) is 3.95. The second kappa shape index (κ2) is 4.90. The number of hydrogen-bond donors (Lipinski definition) is 0. The fourth-order valence-corrected chi connectivity index (χ4v) is 2.99. The number of fused-ring (bicyclic) bond motifs is 1. The molecular weight excluding hydrogens is 261 g/mol. The molecule has 3 rings (SSSR count). The molecule has 1 heterocycles. The van der Waals surface area contributed by atoms with Gasteiger partial charge in [-0.2, -0.15) is 0 Å². The van der Waals surface area contributed by atoms with Crippen molar-refractivity contribution in [1.82, 2.24) is 4.98 Å². The highest BCUT2D eigenvalue weighted by atomic mass is 32.1. The molecule has 2 aromatic carbocycles. The Morgan fingerprint density at radius 1 is 1.21 bits per heavy atom. The Morgan fingerprint density at radius 3 is 2.84 bits per heavy atom. The van der Waals surface area contributed by atoms with E-state index in [9.17, 15) is 9.18 Å². The number of aldehydes is 1. The first-order valence-electron chi connectivity index (χ1n) is 5.84. The summed E-state index contributed by atoms with van der Waals surface area (Å²) in [6.07, 6.45) is 1.24. The third-order valence-electron chi connectivity index (χ3n) is 2.91. The van der Waals surface area contributed by atoms with E-state index in [0.29, 0.717) is 18.3 Å². The van der Waals surface area contributed by atoms with Crippen LogP contribution in [0.5, 0.6) is 0 Å². The molecule has 0 saturated carbocycles. The summed E-state index contributed by atoms with van der Waals surface area (Å²) in [5, 5.41) is 0.927. The van der Waals surface area contributed by atoms with Gasteiger partial charge in [0.2, 0.25) is 0 Å². The summed E-state index contributed by atoms with van der Waals surface area (Å²) >= 11 is 1.59. The second-order valence-corrected chi connectivity index (χ2v) is 5.33. The normalized spacial score (nSPS) is 10.8. The number of nitrogens with zero attached hydrogens (tertiary/aromatic N) is 1. The van der Waals surface area contributed by atoms with Crippen LogP contribution in [0.25, 0.3) is 10.2 Å². The Bertz CT molecular complexity index is 718. The minimum absolute atomic E-state index is 0.388. The van der Waals surface area contributed by atoms with Gasteiger partial charge in [-0.3, -0.25) is 4.79 Å². The Kier molecular flexibility index (Phi) is 3.09. The van der Waals surface area contributed by atoms with E-state index in [2.05, 4.69) is 4.98 Å². The van der Waals surface area contributed by atoms with E-state index in [0.717, 1.165) is 20.8 Å². The van der Waals surface area contributed by atoms with E-state index >= 15 is 0 Å². The molecule has 0 bridgehead atoms. The van der Waals surface area contributed by atoms with E-state index in [1.165, 1.54) is 12.1 Å². The van der Waals surface area contributed by atoms with Crippen LogP contribution in [0.2, 0.25) is 0 Å². The predicted molar refractivity (Wildman–Crippen MR) is 74.2 cm³/mol. The number of thiazole rings is 1. The number of rotatable bonds is 3. The van der Waals surface area contributed by atoms with Gasteiger partial charge < -0.3 is 0 Å². The van der Waals surface area contributed by atoms with Crippen molar-refractivity contribution in [3.05, 3.63) is 64.4 Å². The molecule has 0 amide bonds. The first-order chi connectivity index (χ1) is 9.26. The average molecular weight is 271 g/mol. The Labute approximate surface area is 113 Å². The number of aromatic nitrogens is 1. The second-order valence-electron chi connectivity index (χ2n) is 4.21. The molecule has 0 atom stereocenters. The van der Waals surface area contributed by atoms with Crippen LogP contribution in [0.3, 0.4) is 0 Å². The Hall–Kier alpha value is -2.07. The monoisotopic (exact) mass is 271 g/mol. The first kappa shape index (κ1) is 12.0. The number of para-hydroxylation sites is 1. The largest absolute Gasteiger partial charge is 0.298 e. The lowest BCUT2D eigenvalue weighted by molar-refractivity contribution is 0.112. The molecule has 0 spiro atoms. The van der Waals surface area contributed by atoms with Gasteiger partial charge in [0, 0.05) is 12.0 Å². The molecular formula is C15H10FNOS. The smallest absolute Gasteiger partial charge is 0.150 e. The average Bonchev–Trinajstić information content (AvgIpc) is 2.83. The molecule has 0 N–H and O–H groups in total. The molecule has 0 fully saturated rings. The van der Waals surface area contributed by atoms with E-state index in [-0.39, 0.29) is 0 Å². The third kappa shape index (κ3) is 2.39. The quantitative estimate of drug-likeness (QED) is 0.677. The summed E-state index contributed by atoms with van der Waals surface area (Å²) in [6.45, 7) is 0. The number of halogens is 1. The maximum Gasteiger partial charge on any atom is 0.150 e. The Balaban J connectivity index is 1.98. The van der Waals surface area contributed by atoms with Crippen LogP contribution in [0.15, 0.2) is 42.5 Å². The summed E-state index contributed by atoms with van der Waals surface area (Å²) in [5.74, 6) is -0.393. The van der Waals surface area contributed by atoms with Crippen molar-refractivity contribution in [1.29, 1.82) is 0 Å². The summed E-state index contributed by atoms with van der Waals surface area (Å²) in [4.78, 5) is 15.5. The number of hydrogen-bond acceptors (Lipinski definition) is 3. The SMILES string of the molecule is O=Cc1cc(F)ccc1Cc1nc2ccccc2s1. The predicted octanol–water partition coefficient (Wildman–Crippen LogP) is 3.84. The standard InChI is InChI=1S/C15H10FNOS/c16-12-6-5-10(11(7-12)9-18)8-15-17-13-3-1-2-4-14(13)19-15/h1-7,9H,8H2. The zero-order valence-corrected chi connectivity index (χ0v) is 10.8. The van der Waals surface area contributed by atoms with Gasteiger partial charge >= 0.3 is 0 Å². The molecule has 0 radical (unpaired) electrons. The highest BCUT2D eigenvalue weighted by molar-refractivity contribution is 7.18. The van der Waals surface area contributed by atoms with E-state index in [1.54, 1.807) is 17.4 Å². The van der Waals surface area contributed by atoms with Crippen LogP contribution in [0.1, 0.15) is 20.9 Å². The van der Waals surface area contributed by atoms with Crippen LogP contribution in [0.4, 0.5) is 4.39 Å². The maximum atomic E-state index is 13.1. The molecule has 0 unspecified atom stereocenters. The van der Waals surface area contributed by atoms with E-state index < -0.39 is 5.82 Å². The van der Waals surface area contributed by atoms with Crippen molar-refractivity contribution in [2.45, 2.75) is 6.42 Å². The Morgan fingerprint density at radius 2 is 2.05 bits per heavy atom. The van der Waals surface area contributed by atoms with Gasteiger partial charge in [-0.1, -0.05) is 18.2 Å². The minimum atomic E-state index is -0.393. The van der Waals surface area contributed by atoms with Gasteiger partial charge in [-0.05, 0) is 29.8 Å². The van der Waals surface area contributed by atoms with Crippen LogP contribution in [-0.4, -0.2) is 11.3 Å². The van der Waals surface area contributed by atoms with Gasteiger partial charge in [0.1, 0.15) is 12.1 Å². The van der Waals surface area contributed by atoms with Crippen molar-refractivity contribution < 1.29 is 9.18 Å². The zero-order valence-electron chi connectivity index (χ0n) is 9.97. The van der Waals surface area contributed by atoms with Crippen molar-refractivity contribution in [3.63, 3.8) is 0 Å². The van der Waals surface area contributed by atoms with Crippen LogP contribution in [0, 0.1) is 5.82 Å². The van der Waals surface area contributed by atoms with Crippen molar-refractivity contribution >= 4 is 27.8 Å². The topological polar surface area (TPSA) is 30.0 Å². The van der Waals surface area contributed by atoms with E-state index in [1.807, 2.05) is 24.3 Å².